The second kappa shape index (κ2) is 7.97. The Morgan fingerprint density at radius 3 is 2.62 bits per heavy atom. The van der Waals surface area contributed by atoms with Crippen LogP contribution in [0.3, 0.4) is 0 Å². The van der Waals surface area contributed by atoms with Crippen molar-refractivity contribution in [3.05, 3.63) is 23.2 Å². The number of ether oxygens (including phenoxy) is 1. The molecule has 0 amide bonds. The summed E-state index contributed by atoms with van der Waals surface area (Å²) >= 11 is 0. The monoisotopic (exact) mass is 294 g/mol. The van der Waals surface area contributed by atoms with Crippen molar-refractivity contribution >= 4 is 0 Å². The molecule has 0 aliphatic carbocycles. The van der Waals surface area contributed by atoms with Gasteiger partial charge in [-0.1, -0.05) is 0 Å². The van der Waals surface area contributed by atoms with Crippen LogP contribution in [0.2, 0.25) is 0 Å². The highest BCUT2D eigenvalue weighted by molar-refractivity contribution is 5.18. The van der Waals surface area contributed by atoms with Crippen LogP contribution in [0.25, 0.3) is 0 Å². The summed E-state index contributed by atoms with van der Waals surface area (Å²) in [5.41, 5.74) is 1.25. The van der Waals surface area contributed by atoms with Gasteiger partial charge in [0.2, 0.25) is 0 Å². The van der Waals surface area contributed by atoms with Gasteiger partial charge in [-0.05, 0) is 64.9 Å². The first-order valence-corrected chi connectivity index (χ1v) is 8.07. The molecule has 1 aromatic heterocycles. The second-order valence-corrected chi connectivity index (χ2v) is 6.30. The Kier molecular flexibility index (Phi) is 6.27. The lowest BCUT2D eigenvalue weighted by Crippen LogP contribution is -2.43. The van der Waals surface area contributed by atoms with Crippen molar-refractivity contribution in [3.8, 4) is 0 Å². The average molecular weight is 294 g/mol. The van der Waals surface area contributed by atoms with Gasteiger partial charge in [0.25, 0.3) is 0 Å². The number of methoxy groups -OCH3 is 1. The Morgan fingerprint density at radius 1 is 1.33 bits per heavy atom. The molecular weight excluding hydrogens is 264 g/mol. The van der Waals surface area contributed by atoms with Crippen LogP contribution in [0.4, 0.5) is 0 Å². The Balaban J connectivity index is 1.97. The predicted octanol–water partition coefficient (Wildman–Crippen LogP) is 2.83. The van der Waals surface area contributed by atoms with Gasteiger partial charge in [0.15, 0.2) is 0 Å². The van der Waals surface area contributed by atoms with Crippen molar-refractivity contribution < 1.29 is 9.15 Å². The fourth-order valence-electron chi connectivity index (χ4n) is 3.09. The molecule has 1 aliphatic heterocycles. The molecule has 0 radical (unpaired) electrons. The van der Waals surface area contributed by atoms with Crippen LogP contribution in [0.1, 0.15) is 36.3 Å². The number of nitrogens with zero attached hydrogens (tertiary/aromatic N) is 2. The zero-order chi connectivity index (χ0) is 15.2. The second-order valence-electron chi connectivity index (χ2n) is 6.30. The molecule has 4 heteroatoms. The van der Waals surface area contributed by atoms with E-state index in [2.05, 4.69) is 29.8 Å². The van der Waals surface area contributed by atoms with Gasteiger partial charge in [-0.3, -0.25) is 4.90 Å². The van der Waals surface area contributed by atoms with Crippen LogP contribution >= 0.6 is 0 Å². The van der Waals surface area contributed by atoms with Crippen LogP contribution in [0.5, 0.6) is 0 Å². The third-order valence-electron chi connectivity index (χ3n) is 4.57. The number of hydrogen-bond donors (Lipinski definition) is 0. The number of aryl methyl sites for hydroxylation is 2. The number of rotatable bonds is 7. The van der Waals surface area contributed by atoms with E-state index in [1.807, 2.05) is 6.92 Å². The number of piperidine rings is 1. The summed E-state index contributed by atoms with van der Waals surface area (Å²) in [7, 11) is 3.99. The maximum Gasteiger partial charge on any atom is 0.118 e. The third-order valence-corrected chi connectivity index (χ3v) is 4.57. The summed E-state index contributed by atoms with van der Waals surface area (Å²) in [5, 5.41) is 0. The molecule has 21 heavy (non-hydrogen) atoms. The van der Waals surface area contributed by atoms with E-state index in [0.717, 1.165) is 37.6 Å². The molecule has 0 saturated carbocycles. The van der Waals surface area contributed by atoms with Gasteiger partial charge >= 0.3 is 0 Å². The van der Waals surface area contributed by atoms with Crippen molar-refractivity contribution in [2.75, 3.05) is 40.4 Å². The van der Waals surface area contributed by atoms with Gasteiger partial charge in [0, 0.05) is 26.3 Å². The third kappa shape index (κ3) is 4.83. The van der Waals surface area contributed by atoms with Crippen LogP contribution in [0, 0.1) is 13.8 Å². The molecule has 0 atom stereocenters. The van der Waals surface area contributed by atoms with E-state index in [1.54, 1.807) is 7.11 Å². The number of furan rings is 1. The molecule has 0 unspecified atom stereocenters. The number of likely N-dealkylation sites (tertiary alicyclic amines) is 1. The molecule has 2 rings (SSSR count). The first-order valence-electron chi connectivity index (χ1n) is 8.07. The predicted molar refractivity (Wildman–Crippen MR) is 85.6 cm³/mol. The first-order chi connectivity index (χ1) is 10.1. The highest BCUT2D eigenvalue weighted by Gasteiger charge is 2.23. The Morgan fingerprint density at radius 2 is 2.05 bits per heavy atom. The summed E-state index contributed by atoms with van der Waals surface area (Å²) in [5.74, 6) is 2.14. The van der Waals surface area contributed by atoms with Crippen molar-refractivity contribution in [3.63, 3.8) is 0 Å². The van der Waals surface area contributed by atoms with E-state index in [-0.39, 0.29) is 0 Å². The van der Waals surface area contributed by atoms with E-state index in [1.165, 1.54) is 31.5 Å². The maximum absolute atomic E-state index is 5.88. The zero-order valence-electron chi connectivity index (χ0n) is 14.0. The molecule has 2 heterocycles. The van der Waals surface area contributed by atoms with E-state index in [4.69, 9.17) is 9.15 Å². The minimum Gasteiger partial charge on any atom is -0.465 e. The highest BCUT2D eigenvalue weighted by Crippen LogP contribution is 2.21. The van der Waals surface area contributed by atoms with Crippen LogP contribution in [0.15, 0.2) is 10.5 Å². The Bertz CT molecular complexity index is 403. The molecule has 1 saturated heterocycles. The lowest BCUT2D eigenvalue weighted by atomic mass is 10.0. The fraction of sp³-hybridized carbons (Fsp3) is 0.765. The Hall–Kier alpha value is -0.840. The lowest BCUT2D eigenvalue weighted by molar-refractivity contribution is 0.0940. The van der Waals surface area contributed by atoms with Crippen LogP contribution < -0.4 is 0 Å². The summed E-state index contributed by atoms with van der Waals surface area (Å²) in [4.78, 5) is 5.01. The SMILES string of the molecule is COCCCN(Cc1cc(C)c(C)o1)C1CCN(C)CC1. The van der Waals surface area contributed by atoms with Gasteiger partial charge in [-0.15, -0.1) is 0 Å². The van der Waals surface area contributed by atoms with E-state index in [0.29, 0.717) is 6.04 Å². The van der Waals surface area contributed by atoms with E-state index < -0.39 is 0 Å². The quantitative estimate of drug-likeness (QED) is 0.723. The smallest absolute Gasteiger partial charge is 0.118 e. The molecular formula is C17H30N2O2. The van der Waals surface area contributed by atoms with E-state index in [9.17, 15) is 0 Å². The van der Waals surface area contributed by atoms with Crippen molar-refractivity contribution in [2.24, 2.45) is 0 Å². The first kappa shape index (κ1) is 16.5. The van der Waals surface area contributed by atoms with Crippen molar-refractivity contribution in [2.45, 2.75) is 45.7 Å². The molecule has 1 fully saturated rings. The zero-order valence-corrected chi connectivity index (χ0v) is 14.0. The molecule has 1 aromatic rings. The fourth-order valence-corrected chi connectivity index (χ4v) is 3.09. The van der Waals surface area contributed by atoms with Gasteiger partial charge in [0.1, 0.15) is 11.5 Å². The maximum atomic E-state index is 5.88. The van der Waals surface area contributed by atoms with Crippen LogP contribution in [-0.4, -0.2) is 56.2 Å². The Labute approximate surface area is 129 Å². The normalized spacial score (nSPS) is 17.8. The van der Waals surface area contributed by atoms with E-state index >= 15 is 0 Å². The topological polar surface area (TPSA) is 28.9 Å². The summed E-state index contributed by atoms with van der Waals surface area (Å²) < 4.78 is 11.1. The van der Waals surface area contributed by atoms with Crippen molar-refractivity contribution in [1.29, 1.82) is 0 Å². The standard InChI is InChI=1S/C17H30N2O2/c1-14-12-17(21-15(14)2)13-19(8-5-11-20-4)16-6-9-18(3)10-7-16/h12,16H,5-11,13H2,1-4H3. The van der Waals surface area contributed by atoms with Gasteiger partial charge in [-0.25, -0.2) is 0 Å². The molecule has 0 bridgehead atoms. The van der Waals surface area contributed by atoms with Gasteiger partial charge < -0.3 is 14.1 Å². The highest BCUT2D eigenvalue weighted by atomic mass is 16.5. The molecule has 0 aromatic carbocycles. The summed E-state index contributed by atoms with van der Waals surface area (Å²) in [6, 6.07) is 2.86. The van der Waals surface area contributed by atoms with Gasteiger partial charge in [0.05, 0.1) is 6.54 Å². The van der Waals surface area contributed by atoms with Crippen LogP contribution in [-0.2, 0) is 11.3 Å². The number of hydrogen-bond acceptors (Lipinski definition) is 4. The van der Waals surface area contributed by atoms with Gasteiger partial charge in [-0.2, -0.15) is 0 Å². The molecule has 0 spiro atoms. The minimum atomic E-state index is 0.670. The summed E-state index contributed by atoms with van der Waals surface area (Å²) in [6.45, 7) is 9.40. The lowest BCUT2D eigenvalue weighted by Gasteiger charge is -2.37. The molecule has 4 nitrogen and oxygen atoms in total. The average Bonchev–Trinajstić information content (AvgIpc) is 2.77. The largest absolute Gasteiger partial charge is 0.465 e. The summed E-state index contributed by atoms with van der Waals surface area (Å²) in [6.07, 6.45) is 3.59. The molecule has 120 valence electrons. The molecule has 1 aliphatic rings. The minimum absolute atomic E-state index is 0.670. The van der Waals surface area contributed by atoms with Crippen molar-refractivity contribution in [1.82, 2.24) is 9.80 Å². The molecule has 0 N–H and O–H groups in total.